The van der Waals surface area contributed by atoms with Crippen LogP contribution >= 0.6 is 0 Å². The van der Waals surface area contributed by atoms with Crippen molar-refractivity contribution in [2.24, 2.45) is 0 Å². The summed E-state index contributed by atoms with van der Waals surface area (Å²) in [6.07, 6.45) is 0.720. The summed E-state index contributed by atoms with van der Waals surface area (Å²) in [5.74, 6) is -0.718. The molecule has 1 heterocycles. The fraction of sp³-hybridized carbons (Fsp3) is 0.429. The van der Waals surface area contributed by atoms with E-state index in [0.717, 1.165) is 29.7 Å². The number of aliphatic hydroxyl groups excluding tert-OH is 1. The Bertz CT molecular complexity index is 1090. The number of aryl methyl sites for hydroxylation is 1. The number of nitrogens with zero attached hydrogens (tertiary/aromatic N) is 2. The Morgan fingerprint density at radius 3 is 2.26 bits per heavy atom. The molecule has 1 atom stereocenters. The van der Waals surface area contributed by atoms with Crippen molar-refractivity contribution in [3.8, 4) is 5.75 Å². The lowest BCUT2D eigenvalue weighted by Crippen LogP contribution is -2.32. The summed E-state index contributed by atoms with van der Waals surface area (Å²) < 4.78 is 5.27. The molecule has 0 bridgehead atoms. The maximum absolute atomic E-state index is 13.2. The highest BCUT2D eigenvalue weighted by molar-refractivity contribution is 6.46. The zero-order chi connectivity index (χ0) is 25.2. The summed E-state index contributed by atoms with van der Waals surface area (Å²) in [6, 6.07) is 12.6. The van der Waals surface area contributed by atoms with E-state index in [4.69, 9.17) is 4.74 Å². The number of ketones is 1. The van der Waals surface area contributed by atoms with Crippen LogP contribution in [0.4, 0.5) is 0 Å². The van der Waals surface area contributed by atoms with Gasteiger partial charge in [-0.3, -0.25) is 9.59 Å². The molecule has 0 radical (unpaired) electrons. The number of ether oxygens (including phenoxy) is 1. The highest BCUT2D eigenvalue weighted by Crippen LogP contribution is 2.40. The molecule has 0 aromatic heterocycles. The number of benzene rings is 2. The van der Waals surface area contributed by atoms with Gasteiger partial charge in [0.2, 0.25) is 0 Å². The Labute approximate surface area is 202 Å². The summed E-state index contributed by atoms with van der Waals surface area (Å²) >= 11 is 0. The van der Waals surface area contributed by atoms with Crippen LogP contribution in [0.25, 0.3) is 5.76 Å². The zero-order valence-electron chi connectivity index (χ0n) is 21.3. The van der Waals surface area contributed by atoms with Gasteiger partial charge in [0.15, 0.2) is 0 Å². The van der Waals surface area contributed by atoms with Crippen LogP contribution in [0, 0.1) is 6.92 Å². The van der Waals surface area contributed by atoms with Crippen molar-refractivity contribution in [3.05, 3.63) is 70.3 Å². The third-order valence-corrected chi connectivity index (χ3v) is 6.33. The third-order valence-electron chi connectivity index (χ3n) is 6.33. The van der Waals surface area contributed by atoms with Crippen LogP contribution in [0.3, 0.4) is 0 Å². The van der Waals surface area contributed by atoms with E-state index in [2.05, 4.69) is 20.8 Å². The second kappa shape index (κ2) is 10.0. The molecular weight excluding hydrogens is 428 g/mol. The highest BCUT2D eigenvalue weighted by atomic mass is 16.5. The smallest absolute Gasteiger partial charge is 0.295 e. The lowest BCUT2D eigenvalue weighted by atomic mass is 9.85. The molecule has 2 aromatic carbocycles. The molecule has 1 aliphatic rings. The maximum Gasteiger partial charge on any atom is 0.295 e. The van der Waals surface area contributed by atoms with E-state index in [1.807, 2.05) is 50.2 Å². The molecule has 182 valence electrons. The fourth-order valence-electron chi connectivity index (χ4n) is 4.35. The van der Waals surface area contributed by atoms with Crippen LogP contribution in [0.1, 0.15) is 55.5 Å². The standard InChI is InChI=1S/C28H36N2O4/c1-18-17-21(34-7)13-14-22(18)25(31)23-24(19-9-11-20(12-10-19)28(2,3)4)30(27(33)26(23)32)16-8-15-29(5)6/h9-14,17,24,31H,8,15-16H2,1-7H3/b25-23+/t24-/m1/s1. The maximum atomic E-state index is 13.2. The van der Waals surface area contributed by atoms with Gasteiger partial charge in [0.05, 0.1) is 18.7 Å². The van der Waals surface area contributed by atoms with Gasteiger partial charge in [-0.05, 0) is 74.3 Å². The van der Waals surface area contributed by atoms with Gasteiger partial charge in [-0.25, -0.2) is 0 Å². The van der Waals surface area contributed by atoms with Crippen molar-refractivity contribution in [1.82, 2.24) is 9.80 Å². The van der Waals surface area contributed by atoms with Gasteiger partial charge < -0.3 is 19.6 Å². The molecule has 1 saturated heterocycles. The summed E-state index contributed by atoms with van der Waals surface area (Å²) in [4.78, 5) is 30.0. The second-order valence-electron chi connectivity index (χ2n) is 10.2. The second-order valence-corrected chi connectivity index (χ2v) is 10.2. The molecule has 0 unspecified atom stereocenters. The molecule has 1 amide bonds. The zero-order valence-corrected chi connectivity index (χ0v) is 21.3. The van der Waals surface area contributed by atoms with Crippen molar-refractivity contribution in [1.29, 1.82) is 0 Å². The molecule has 34 heavy (non-hydrogen) atoms. The SMILES string of the molecule is COc1ccc(/C(O)=C2\C(=O)C(=O)N(CCCN(C)C)[C@@H]2c2ccc(C(C)(C)C)cc2)c(C)c1. The first kappa shape index (κ1) is 25.5. The van der Waals surface area contributed by atoms with E-state index in [0.29, 0.717) is 17.9 Å². The van der Waals surface area contributed by atoms with Crippen molar-refractivity contribution in [3.63, 3.8) is 0 Å². The van der Waals surface area contributed by atoms with E-state index in [-0.39, 0.29) is 16.7 Å². The molecule has 1 aliphatic heterocycles. The molecule has 3 rings (SSSR count). The topological polar surface area (TPSA) is 70.1 Å². The predicted molar refractivity (Wildman–Crippen MR) is 135 cm³/mol. The van der Waals surface area contributed by atoms with Crippen LogP contribution in [0.2, 0.25) is 0 Å². The van der Waals surface area contributed by atoms with E-state index in [9.17, 15) is 14.7 Å². The fourth-order valence-corrected chi connectivity index (χ4v) is 4.35. The number of hydrogen-bond acceptors (Lipinski definition) is 5. The number of methoxy groups -OCH3 is 1. The number of likely N-dealkylation sites (tertiary alicyclic amines) is 1. The van der Waals surface area contributed by atoms with Gasteiger partial charge in [0.1, 0.15) is 11.5 Å². The minimum absolute atomic E-state index is 0.0216. The number of amides is 1. The average Bonchev–Trinajstić information content (AvgIpc) is 3.02. The monoisotopic (exact) mass is 464 g/mol. The van der Waals surface area contributed by atoms with Crippen LogP contribution in [0.5, 0.6) is 5.75 Å². The van der Waals surface area contributed by atoms with E-state index >= 15 is 0 Å². The highest BCUT2D eigenvalue weighted by Gasteiger charge is 2.46. The van der Waals surface area contributed by atoms with Crippen molar-refractivity contribution < 1.29 is 19.4 Å². The van der Waals surface area contributed by atoms with Gasteiger partial charge in [-0.15, -0.1) is 0 Å². The van der Waals surface area contributed by atoms with Crippen LogP contribution in [0.15, 0.2) is 48.0 Å². The Morgan fingerprint density at radius 1 is 1.09 bits per heavy atom. The Kier molecular flexibility index (Phi) is 7.51. The molecule has 0 spiro atoms. The average molecular weight is 465 g/mol. The molecule has 0 saturated carbocycles. The van der Waals surface area contributed by atoms with E-state index in [1.54, 1.807) is 30.2 Å². The van der Waals surface area contributed by atoms with Crippen LogP contribution in [-0.2, 0) is 15.0 Å². The number of rotatable bonds is 7. The molecule has 2 aromatic rings. The largest absolute Gasteiger partial charge is 0.507 e. The number of Topliss-reactive ketones (excluding diaryl/α,β-unsaturated/α-hetero) is 1. The molecule has 1 N–H and O–H groups in total. The first-order valence-corrected chi connectivity index (χ1v) is 11.6. The van der Waals surface area contributed by atoms with Crippen molar-refractivity contribution in [2.75, 3.05) is 34.3 Å². The quantitative estimate of drug-likeness (QED) is 0.366. The number of carbonyl (C=O) groups is 2. The minimum Gasteiger partial charge on any atom is -0.507 e. The normalized spacial score (nSPS) is 18.1. The predicted octanol–water partition coefficient (Wildman–Crippen LogP) is 4.67. The Balaban J connectivity index is 2.13. The minimum atomic E-state index is -0.650. The molecule has 6 nitrogen and oxygen atoms in total. The molecule has 1 fully saturated rings. The van der Waals surface area contributed by atoms with Crippen molar-refractivity contribution in [2.45, 2.75) is 45.6 Å². The number of carbonyl (C=O) groups excluding carboxylic acids is 2. The van der Waals surface area contributed by atoms with Crippen LogP contribution < -0.4 is 4.74 Å². The summed E-state index contributed by atoms with van der Waals surface area (Å²) in [5.41, 5.74) is 3.36. The summed E-state index contributed by atoms with van der Waals surface area (Å²) in [6.45, 7) is 9.48. The van der Waals surface area contributed by atoms with E-state index in [1.165, 1.54) is 0 Å². The van der Waals surface area contributed by atoms with Gasteiger partial charge in [-0.2, -0.15) is 0 Å². The Morgan fingerprint density at radius 2 is 1.74 bits per heavy atom. The number of aliphatic hydroxyl groups is 1. The first-order valence-electron chi connectivity index (χ1n) is 11.6. The van der Waals surface area contributed by atoms with Gasteiger partial charge >= 0.3 is 0 Å². The van der Waals surface area contributed by atoms with Gasteiger partial charge in [0.25, 0.3) is 11.7 Å². The van der Waals surface area contributed by atoms with Gasteiger partial charge in [0, 0.05) is 12.1 Å². The number of hydrogen-bond donors (Lipinski definition) is 1. The lowest BCUT2D eigenvalue weighted by Gasteiger charge is -2.27. The summed E-state index contributed by atoms with van der Waals surface area (Å²) in [5, 5.41) is 11.3. The first-order chi connectivity index (χ1) is 16.0. The molecule has 0 aliphatic carbocycles. The lowest BCUT2D eigenvalue weighted by molar-refractivity contribution is -0.139. The summed E-state index contributed by atoms with van der Waals surface area (Å²) in [7, 11) is 5.53. The Hall–Kier alpha value is -3.12. The van der Waals surface area contributed by atoms with Crippen molar-refractivity contribution >= 4 is 17.4 Å². The third kappa shape index (κ3) is 5.17. The van der Waals surface area contributed by atoms with E-state index < -0.39 is 17.7 Å². The van der Waals surface area contributed by atoms with Crippen LogP contribution in [-0.4, -0.2) is 60.9 Å². The van der Waals surface area contributed by atoms with Gasteiger partial charge in [-0.1, -0.05) is 45.0 Å². The molecular formula is C28H36N2O4. The molecule has 6 heteroatoms.